The van der Waals surface area contributed by atoms with Gasteiger partial charge in [0.05, 0.1) is 18.6 Å². The predicted molar refractivity (Wildman–Crippen MR) is 94.7 cm³/mol. The van der Waals surface area contributed by atoms with Crippen LogP contribution in [-0.2, 0) is 9.53 Å². The van der Waals surface area contributed by atoms with Gasteiger partial charge in [0.1, 0.15) is 0 Å². The molecule has 2 aliphatic heterocycles. The van der Waals surface area contributed by atoms with Gasteiger partial charge in [-0.2, -0.15) is 4.98 Å². The summed E-state index contributed by atoms with van der Waals surface area (Å²) in [6.45, 7) is 8.37. The average molecular weight is 348 g/mol. The van der Waals surface area contributed by atoms with Crippen molar-refractivity contribution in [3.63, 3.8) is 0 Å². The van der Waals surface area contributed by atoms with Gasteiger partial charge in [0.25, 0.3) is 0 Å². The van der Waals surface area contributed by atoms with E-state index in [-0.39, 0.29) is 17.9 Å². The molecule has 1 aromatic heterocycles. The Bertz CT molecular complexity index is 583. The molecule has 2 atom stereocenters. The van der Waals surface area contributed by atoms with Crippen molar-refractivity contribution in [2.45, 2.75) is 39.2 Å². The minimum absolute atomic E-state index is 0.00201. The number of hydrogen-bond donors (Lipinski definition) is 0. The zero-order valence-corrected chi connectivity index (χ0v) is 15.2. The summed E-state index contributed by atoms with van der Waals surface area (Å²) in [4.78, 5) is 25.8. The highest BCUT2D eigenvalue weighted by Gasteiger charge is 2.32. The first-order valence-corrected chi connectivity index (χ1v) is 9.30. The second-order valence-corrected chi connectivity index (χ2v) is 6.62. The lowest BCUT2D eigenvalue weighted by Gasteiger charge is -2.32. The first-order chi connectivity index (χ1) is 12.2. The molecule has 1 aromatic rings. The summed E-state index contributed by atoms with van der Waals surface area (Å²) in [5, 5.41) is 0. The van der Waals surface area contributed by atoms with Crippen LogP contribution in [0.3, 0.4) is 0 Å². The molecule has 3 rings (SSSR count). The van der Waals surface area contributed by atoms with E-state index in [1.807, 2.05) is 18.7 Å². The molecule has 2 aliphatic rings. The van der Waals surface area contributed by atoms with Gasteiger partial charge in [0, 0.05) is 45.0 Å². The van der Waals surface area contributed by atoms with Gasteiger partial charge in [0.15, 0.2) is 0 Å². The van der Waals surface area contributed by atoms with Gasteiger partial charge < -0.3 is 19.3 Å². The van der Waals surface area contributed by atoms with E-state index in [1.54, 1.807) is 12.3 Å². The van der Waals surface area contributed by atoms with Crippen molar-refractivity contribution >= 4 is 11.9 Å². The van der Waals surface area contributed by atoms with Crippen molar-refractivity contribution in [3.8, 4) is 5.88 Å². The van der Waals surface area contributed by atoms with Crippen molar-refractivity contribution in [2.24, 2.45) is 5.92 Å². The topological polar surface area (TPSA) is 67.8 Å². The van der Waals surface area contributed by atoms with Gasteiger partial charge in [0.2, 0.25) is 17.7 Å². The van der Waals surface area contributed by atoms with E-state index >= 15 is 0 Å². The van der Waals surface area contributed by atoms with Crippen molar-refractivity contribution < 1.29 is 14.3 Å². The Morgan fingerprint density at radius 1 is 1.32 bits per heavy atom. The van der Waals surface area contributed by atoms with Gasteiger partial charge in [-0.3, -0.25) is 4.79 Å². The number of rotatable bonds is 4. The van der Waals surface area contributed by atoms with Crippen molar-refractivity contribution in [2.75, 3.05) is 44.3 Å². The maximum atomic E-state index is 12.9. The lowest BCUT2D eigenvalue weighted by molar-refractivity contribution is -0.143. The SMILES string of the molecule is CCOc1ccnc(N2CCCN(C(=O)[C@H]3CCCO[C@@H]3C)CC2)n1. The molecule has 0 aromatic carbocycles. The normalized spacial score (nSPS) is 24.7. The van der Waals surface area contributed by atoms with Crippen LogP contribution in [-0.4, -0.2) is 66.3 Å². The highest BCUT2D eigenvalue weighted by Crippen LogP contribution is 2.24. The molecular weight excluding hydrogens is 320 g/mol. The maximum Gasteiger partial charge on any atom is 0.228 e. The lowest BCUT2D eigenvalue weighted by Crippen LogP contribution is -2.44. The molecule has 0 saturated carbocycles. The van der Waals surface area contributed by atoms with E-state index in [2.05, 4.69) is 14.9 Å². The third-order valence-electron chi connectivity index (χ3n) is 4.92. The first kappa shape index (κ1) is 17.9. The molecule has 0 bridgehead atoms. The summed E-state index contributed by atoms with van der Waals surface area (Å²) < 4.78 is 11.1. The number of anilines is 1. The number of carbonyl (C=O) groups is 1. The molecule has 2 saturated heterocycles. The Labute approximate surface area is 149 Å². The lowest BCUT2D eigenvalue weighted by atomic mass is 9.94. The second-order valence-electron chi connectivity index (χ2n) is 6.62. The number of amides is 1. The summed E-state index contributed by atoms with van der Waals surface area (Å²) >= 11 is 0. The minimum Gasteiger partial charge on any atom is -0.478 e. The van der Waals surface area contributed by atoms with E-state index in [4.69, 9.17) is 9.47 Å². The zero-order chi connectivity index (χ0) is 17.6. The first-order valence-electron chi connectivity index (χ1n) is 9.30. The molecular formula is C18H28N4O3. The van der Waals surface area contributed by atoms with E-state index in [9.17, 15) is 4.79 Å². The number of carbonyl (C=O) groups excluding carboxylic acids is 1. The fourth-order valence-electron chi connectivity index (χ4n) is 3.53. The summed E-state index contributed by atoms with van der Waals surface area (Å²) in [6.07, 6.45) is 4.56. The predicted octanol–water partition coefficient (Wildman–Crippen LogP) is 1.73. The Morgan fingerprint density at radius 2 is 2.20 bits per heavy atom. The summed E-state index contributed by atoms with van der Waals surface area (Å²) in [6, 6.07) is 1.77. The number of ether oxygens (including phenoxy) is 2. The van der Waals surface area contributed by atoms with Crippen LogP contribution in [0.5, 0.6) is 5.88 Å². The van der Waals surface area contributed by atoms with Crippen LogP contribution in [0, 0.1) is 5.92 Å². The smallest absolute Gasteiger partial charge is 0.228 e. The van der Waals surface area contributed by atoms with E-state index in [0.717, 1.165) is 45.5 Å². The van der Waals surface area contributed by atoms with Gasteiger partial charge >= 0.3 is 0 Å². The molecule has 0 unspecified atom stereocenters. The monoisotopic (exact) mass is 348 g/mol. The number of hydrogen-bond acceptors (Lipinski definition) is 6. The van der Waals surface area contributed by atoms with Crippen LogP contribution in [0.25, 0.3) is 0 Å². The minimum atomic E-state index is -0.00201. The summed E-state index contributed by atoms with van der Waals surface area (Å²) in [5.41, 5.74) is 0. The van der Waals surface area contributed by atoms with E-state index < -0.39 is 0 Å². The third-order valence-corrected chi connectivity index (χ3v) is 4.92. The molecule has 2 fully saturated rings. The maximum absolute atomic E-state index is 12.9. The largest absolute Gasteiger partial charge is 0.478 e. The number of aromatic nitrogens is 2. The summed E-state index contributed by atoms with van der Waals surface area (Å²) in [7, 11) is 0. The zero-order valence-electron chi connectivity index (χ0n) is 15.2. The van der Waals surface area contributed by atoms with Crippen LogP contribution in [0.4, 0.5) is 5.95 Å². The van der Waals surface area contributed by atoms with Crippen LogP contribution >= 0.6 is 0 Å². The molecule has 0 aliphatic carbocycles. The quantitative estimate of drug-likeness (QED) is 0.825. The van der Waals surface area contributed by atoms with Crippen LogP contribution in [0.15, 0.2) is 12.3 Å². The molecule has 7 nitrogen and oxygen atoms in total. The summed E-state index contributed by atoms with van der Waals surface area (Å²) in [5.74, 6) is 1.50. The van der Waals surface area contributed by atoms with Crippen LogP contribution in [0.1, 0.15) is 33.1 Å². The highest BCUT2D eigenvalue weighted by molar-refractivity contribution is 5.79. The Kier molecular flexibility index (Phi) is 6.07. The Morgan fingerprint density at radius 3 is 3.00 bits per heavy atom. The third kappa shape index (κ3) is 4.39. The molecule has 0 radical (unpaired) electrons. The molecule has 3 heterocycles. The van der Waals surface area contributed by atoms with Gasteiger partial charge in [-0.25, -0.2) is 4.98 Å². The number of nitrogens with zero attached hydrogens (tertiary/aromatic N) is 4. The van der Waals surface area contributed by atoms with E-state index in [0.29, 0.717) is 25.0 Å². The fraction of sp³-hybridized carbons (Fsp3) is 0.722. The van der Waals surface area contributed by atoms with Gasteiger partial charge in [-0.1, -0.05) is 0 Å². The average Bonchev–Trinajstić information content (AvgIpc) is 2.88. The Balaban J connectivity index is 1.62. The Hall–Kier alpha value is -1.89. The van der Waals surface area contributed by atoms with Crippen molar-refractivity contribution in [1.82, 2.24) is 14.9 Å². The van der Waals surface area contributed by atoms with Crippen molar-refractivity contribution in [3.05, 3.63) is 12.3 Å². The standard InChI is InChI=1S/C18H28N4O3/c1-3-24-16-7-8-19-18(20-16)22-10-5-9-21(11-12-22)17(23)15-6-4-13-25-14(15)2/h7-8,14-15H,3-6,9-13H2,1-2H3/t14-,15+/m1/s1. The highest BCUT2D eigenvalue weighted by atomic mass is 16.5. The molecule has 7 heteroatoms. The molecule has 1 amide bonds. The fourth-order valence-corrected chi connectivity index (χ4v) is 3.53. The van der Waals surface area contributed by atoms with E-state index in [1.165, 1.54) is 0 Å². The van der Waals surface area contributed by atoms with Crippen LogP contribution < -0.4 is 9.64 Å². The molecule has 0 N–H and O–H groups in total. The molecule has 138 valence electrons. The van der Waals surface area contributed by atoms with Crippen molar-refractivity contribution in [1.29, 1.82) is 0 Å². The molecule has 25 heavy (non-hydrogen) atoms. The molecule has 0 spiro atoms. The van der Waals surface area contributed by atoms with Gasteiger partial charge in [-0.05, 0) is 33.1 Å². The second kappa shape index (κ2) is 8.47. The van der Waals surface area contributed by atoms with Crippen LogP contribution in [0.2, 0.25) is 0 Å². The van der Waals surface area contributed by atoms with Gasteiger partial charge in [-0.15, -0.1) is 0 Å².